The molecule has 1 aromatic rings. The molecule has 0 atom stereocenters. The van der Waals surface area contributed by atoms with Crippen molar-refractivity contribution in [3.8, 4) is 5.75 Å². The lowest BCUT2D eigenvalue weighted by Crippen LogP contribution is -2.23. The van der Waals surface area contributed by atoms with Crippen molar-refractivity contribution in [2.45, 2.75) is 50.8 Å². The van der Waals surface area contributed by atoms with Gasteiger partial charge in [0.05, 0.1) is 11.5 Å². The molecule has 0 radical (unpaired) electrons. The molecule has 0 aromatic heterocycles. The first-order chi connectivity index (χ1) is 10.5. The minimum Gasteiger partial charge on any atom is -0.494 e. The van der Waals surface area contributed by atoms with E-state index in [0.717, 1.165) is 18.6 Å². The smallest absolute Gasteiger partial charge is 0.276 e. The van der Waals surface area contributed by atoms with Crippen LogP contribution in [0, 0.1) is 5.92 Å². The quantitative estimate of drug-likeness (QED) is 0.645. The number of hydrogen-bond donors (Lipinski definition) is 1. The molecule has 5 nitrogen and oxygen atoms in total. The average molecular weight is 324 g/mol. The third-order valence-electron chi connectivity index (χ3n) is 3.98. The molecule has 0 aliphatic heterocycles. The molecule has 0 spiro atoms. The van der Waals surface area contributed by atoms with Gasteiger partial charge in [0.2, 0.25) is 0 Å². The molecule has 0 saturated heterocycles. The van der Waals surface area contributed by atoms with Crippen LogP contribution in [0.15, 0.2) is 34.3 Å². The summed E-state index contributed by atoms with van der Waals surface area (Å²) in [4.78, 5) is 2.53. The van der Waals surface area contributed by atoms with E-state index in [2.05, 4.69) is 9.93 Å². The Bertz CT molecular complexity index is 603. The molecule has 1 aromatic carbocycles. The highest BCUT2D eigenvalue weighted by Gasteiger charge is 2.18. The van der Waals surface area contributed by atoms with Crippen molar-refractivity contribution in [2.24, 2.45) is 11.0 Å². The Hall–Kier alpha value is -1.56. The van der Waals surface area contributed by atoms with Crippen LogP contribution in [-0.4, -0.2) is 20.7 Å². The SMILES string of the molecule is CCOc1ccc(S(=O)(=O)N/N=C(/C)C2CCCCC2)cc1. The second kappa shape index (κ2) is 7.63. The van der Waals surface area contributed by atoms with E-state index >= 15 is 0 Å². The number of sulfonamides is 1. The molecule has 0 bridgehead atoms. The van der Waals surface area contributed by atoms with Gasteiger partial charge in [-0.05, 0) is 56.9 Å². The summed E-state index contributed by atoms with van der Waals surface area (Å²) in [5, 5.41) is 4.10. The number of rotatable bonds is 6. The third kappa shape index (κ3) is 4.47. The predicted molar refractivity (Wildman–Crippen MR) is 87.6 cm³/mol. The maximum absolute atomic E-state index is 12.2. The molecule has 2 rings (SSSR count). The molecular weight excluding hydrogens is 300 g/mol. The normalized spacial score (nSPS) is 17.3. The van der Waals surface area contributed by atoms with E-state index in [0.29, 0.717) is 18.3 Å². The topological polar surface area (TPSA) is 67.8 Å². The molecule has 6 heteroatoms. The van der Waals surface area contributed by atoms with E-state index in [1.54, 1.807) is 12.1 Å². The Balaban J connectivity index is 2.03. The van der Waals surface area contributed by atoms with E-state index in [9.17, 15) is 8.42 Å². The van der Waals surface area contributed by atoms with Crippen molar-refractivity contribution in [2.75, 3.05) is 6.61 Å². The molecule has 1 aliphatic rings. The maximum atomic E-state index is 12.2. The van der Waals surface area contributed by atoms with Crippen LogP contribution in [0.1, 0.15) is 46.0 Å². The zero-order valence-corrected chi connectivity index (χ0v) is 14.0. The Labute approximate surface area is 132 Å². The van der Waals surface area contributed by atoms with Crippen molar-refractivity contribution in [3.05, 3.63) is 24.3 Å². The predicted octanol–water partition coefficient (Wildman–Crippen LogP) is 3.32. The van der Waals surface area contributed by atoms with Gasteiger partial charge in [0.15, 0.2) is 0 Å². The zero-order valence-electron chi connectivity index (χ0n) is 13.2. The summed E-state index contributed by atoms with van der Waals surface area (Å²) in [6.45, 7) is 4.33. The van der Waals surface area contributed by atoms with Gasteiger partial charge in [0.1, 0.15) is 5.75 Å². The molecular formula is C16H24N2O3S. The summed E-state index contributed by atoms with van der Waals surface area (Å²) in [5.41, 5.74) is 0.870. The highest BCUT2D eigenvalue weighted by Crippen LogP contribution is 2.24. The van der Waals surface area contributed by atoms with Crippen molar-refractivity contribution in [1.82, 2.24) is 4.83 Å². The minimum atomic E-state index is -3.62. The van der Waals surface area contributed by atoms with Gasteiger partial charge in [-0.1, -0.05) is 19.3 Å². The van der Waals surface area contributed by atoms with Gasteiger partial charge < -0.3 is 4.74 Å². The maximum Gasteiger partial charge on any atom is 0.276 e. The number of benzene rings is 1. The van der Waals surface area contributed by atoms with Gasteiger partial charge in [-0.25, -0.2) is 4.83 Å². The van der Waals surface area contributed by atoms with Gasteiger partial charge in [0.25, 0.3) is 10.0 Å². The van der Waals surface area contributed by atoms with Gasteiger partial charge in [-0.15, -0.1) is 0 Å². The van der Waals surface area contributed by atoms with Gasteiger partial charge in [-0.2, -0.15) is 13.5 Å². The summed E-state index contributed by atoms with van der Waals surface area (Å²) >= 11 is 0. The van der Waals surface area contributed by atoms with Crippen molar-refractivity contribution < 1.29 is 13.2 Å². The second-order valence-corrected chi connectivity index (χ2v) is 7.25. The average Bonchev–Trinajstić information content (AvgIpc) is 2.54. The van der Waals surface area contributed by atoms with Crippen LogP contribution in [0.5, 0.6) is 5.75 Å². The first-order valence-electron chi connectivity index (χ1n) is 7.82. The summed E-state index contributed by atoms with van der Waals surface area (Å²) in [5.74, 6) is 1.06. The van der Waals surface area contributed by atoms with Gasteiger partial charge in [-0.3, -0.25) is 0 Å². The number of nitrogens with zero attached hydrogens (tertiary/aromatic N) is 1. The number of ether oxygens (including phenoxy) is 1. The van der Waals surface area contributed by atoms with Crippen molar-refractivity contribution in [1.29, 1.82) is 0 Å². The van der Waals surface area contributed by atoms with Crippen LogP contribution >= 0.6 is 0 Å². The lowest BCUT2D eigenvalue weighted by Gasteiger charge is -2.21. The summed E-state index contributed by atoms with van der Waals surface area (Å²) in [7, 11) is -3.62. The van der Waals surface area contributed by atoms with Crippen LogP contribution in [0.25, 0.3) is 0 Å². The van der Waals surface area contributed by atoms with Crippen LogP contribution in [0.2, 0.25) is 0 Å². The number of hydrazone groups is 1. The fraction of sp³-hybridized carbons (Fsp3) is 0.562. The highest BCUT2D eigenvalue weighted by atomic mass is 32.2. The Kier molecular flexibility index (Phi) is 5.83. The van der Waals surface area contributed by atoms with E-state index in [-0.39, 0.29) is 4.90 Å². The fourth-order valence-corrected chi connectivity index (χ4v) is 3.54. The van der Waals surface area contributed by atoms with Crippen molar-refractivity contribution in [3.63, 3.8) is 0 Å². The molecule has 0 heterocycles. The van der Waals surface area contributed by atoms with Gasteiger partial charge >= 0.3 is 0 Å². The monoisotopic (exact) mass is 324 g/mol. The van der Waals surface area contributed by atoms with Crippen molar-refractivity contribution >= 4 is 15.7 Å². The van der Waals surface area contributed by atoms with Crippen LogP contribution in [0.3, 0.4) is 0 Å². The largest absolute Gasteiger partial charge is 0.494 e. The molecule has 122 valence electrons. The summed E-state index contributed by atoms with van der Waals surface area (Å²) < 4.78 is 29.8. The molecule has 0 amide bonds. The molecule has 22 heavy (non-hydrogen) atoms. The van der Waals surface area contributed by atoms with E-state index in [4.69, 9.17) is 4.74 Å². The first kappa shape index (κ1) is 16.8. The lowest BCUT2D eigenvalue weighted by atomic mass is 9.86. The van der Waals surface area contributed by atoms with Gasteiger partial charge in [0, 0.05) is 5.71 Å². The number of nitrogens with one attached hydrogen (secondary N) is 1. The first-order valence-corrected chi connectivity index (χ1v) is 9.30. The Morgan fingerprint density at radius 3 is 2.45 bits per heavy atom. The molecule has 0 unspecified atom stereocenters. The summed E-state index contributed by atoms with van der Waals surface area (Å²) in [6.07, 6.45) is 5.86. The number of hydrogen-bond acceptors (Lipinski definition) is 4. The van der Waals surface area contributed by atoms with E-state index in [1.807, 2.05) is 13.8 Å². The zero-order chi connectivity index (χ0) is 16.0. The fourth-order valence-electron chi connectivity index (χ4n) is 2.68. The van der Waals surface area contributed by atoms with Crippen LogP contribution in [-0.2, 0) is 10.0 Å². The molecule has 1 saturated carbocycles. The van der Waals surface area contributed by atoms with Crippen LogP contribution in [0.4, 0.5) is 0 Å². The van der Waals surface area contributed by atoms with E-state index in [1.165, 1.54) is 31.4 Å². The van der Waals surface area contributed by atoms with Crippen LogP contribution < -0.4 is 9.57 Å². The standard InChI is InChI=1S/C16H24N2O3S/c1-3-21-15-9-11-16(12-10-15)22(19,20)18-17-13(2)14-7-5-4-6-8-14/h9-12,14,18H,3-8H2,1-2H3/b17-13-. The minimum absolute atomic E-state index is 0.191. The lowest BCUT2D eigenvalue weighted by molar-refractivity contribution is 0.340. The third-order valence-corrected chi connectivity index (χ3v) is 5.21. The molecule has 1 fully saturated rings. The van der Waals surface area contributed by atoms with E-state index < -0.39 is 10.0 Å². The Morgan fingerprint density at radius 1 is 1.23 bits per heavy atom. The molecule has 1 N–H and O–H groups in total. The highest BCUT2D eigenvalue weighted by molar-refractivity contribution is 7.89. The molecule has 1 aliphatic carbocycles. The Morgan fingerprint density at radius 2 is 1.86 bits per heavy atom. The second-order valence-electron chi connectivity index (χ2n) is 5.59. The summed E-state index contributed by atoms with van der Waals surface area (Å²) in [6, 6.07) is 6.35.